The zero-order valence-corrected chi connectivity index (χ0v) is 10.8. The summed E-state index contributed by atoms with van der Waals surface area (Å²) < 4.78 is 1.61. The van der Waals surface area contributed by atoms with E-state index in [-0.39, 0.29) is 15.9 Å². The molecule has 0 bridgehead atoms. The molecule has 0 aliphatic heterocycles. The van der Waals surface area contributed by atoms with E-state index in [9.17, 15) is 4.79 Å². The summed E-state index contributed by atoms with van der Waals surface area (Å²) >= 11 is 11.6. The highest BCUT2D eigenvalue weighted by molar-refractivity contribution is 6.35. The minimum absolute atomic E-state index is 0.0404. The van der Waals surface area contributed by atoms with Gasteiger partial charge < -0.3 is 11.1 Å². The molecular weight excluding hydrogens is 277 g/mol. The molecule has 0 atom stereocenters. The Morgan fingerprint density at radius 1 is 1.50 bits per heavy atom. The Morgan fingerprint density at radius 2 is 2.22 bits per heavy atom. The number of carbonyl (C=O) groups excluding carboxylic acids is 1. The summed E-state index contributed by atoms with van der Waals surface area (Å²) in [6, 6.07) is 1.47. The number of amides is 1. The van der Waals surface area contributed by atoms with Crippen molar-refractivity contribution in [2.45, 2.75) is 0 Å². The first-order valence-electron chi connectivity index (χ1n) is 4.89. The van der Waals surface area contributed by atoms with Crippen LogP contribution in [0.2, 0.25) is 10.3 Å². The molecule has 0 unspecified atom stereocenters. The molecule has 0 spiro atoms. The van der Waals surface area contributed by atoms with Crippen molar-refractivity contribution in [1.29, 1.82) is 0 Å². The monoisotopic (exact) mass is 285 g/mol. The number of hydrogen-bond donors (Lipinski definition) is 2. The number of hydrogen-bond acceptors (Lipinski definition) is 4. The molecule has 2 aromatic heterocycles. The summed E-state index contributed by atoms with van der Waals surface area (Å²) in [7, 11) is 1.77. The van der Waals surface area contributed by atoms with Gasteiger partial charge in [0.25, 0.3) is 5.91 Å². The van der Waals surface area contributed by atoms with Gasteiger partial charge in [-0.2, -0.15) is 5.10 Å². The van der Waals surface area contributed by atoms with Gasteiger partial charge in [0.15, 0.2) is 0 Å². The van der Waals surface area contributed by atoms with Crippen molar-refractivity contribution in [1.82, 2.24) is 14.8 Å². The van der Waals surface area contributed by atoms with Crippen molar-refractivity contribution in [3.8, 4) is 0 Å². The SMILES string of the molecule is Cn1cc(Nc2cc(Cl)nc(Cl)c2C(N)=O)cn1. The fourth-order valence-electron chi connectivity index (χ4n) is 1.46. The number of anilines is 2. The number of halogens is 2. The van der Waals surface area contributed by atoms with Crippen LogP contribution in [0, 0.1) is 0 Å². The quantitative estimate of drug-likeness (QED) is 0.844. The van der Waals surface area contributed by atoms with Crippen LogP contribution >= 0.6 is 23.2 Å². The molecule has 0 radical (unpaired) electrons. The molecule has 2 rings (SSSR count). The van der Waals surface area contributed by atoms with E-state index in [1.54, 1.807) is 24.1 Å². The topological polar surface area (TPSA) is 85.8 Å². The van der Waals surface area contributed by atoms with Crippen LogP contribution in [0.1, 0.15) is 10.4 Å². The van der Waals surface area contributed by atoms with Crippen LogP contribution in [0.3, 0.4) is 0 Å². The van der Waals surface area contributed by atoms with E-state index in [2.05, 4.69) is 15.4 Å². The Kier molecular flexibility index (Phi) is 3.40. The zero-order chi connectivity index (χ0) is 13.3. The summed E-state index contributed by atoms with van der Waals surface area (Å²) in [5, 5.41) is 7.07. The Labute approximate surface area is 113 Å². The molecule has 0 saturated heterocycles. The van der Waals surface area contributed by atoms with Crippen LogP contribution in [-0.2, 0) is 7.05 Å². The third-order valence-electron chi connectivity index (χ3n) is 2.17. The molecule has 18 heavy (non-hydrogen) atoms. The van der Waals surface area contributed by atoms with Crippen LogP contribution in [0.25, 0.3) is 0 Å². The average Bonchev–Trinajstić information content (AvgIpc) is 2.62. The second kappa shape index (κ2) is 4.83. The van der Waals surface area contributed by atoms with Gasteiger partial charge in [0, 0.05) is 13.2 Å². The molecular formula is C10H9Cl2N5O. The number of pyridine rings is 1. The lowest BCUT2D eigenvalue weighted by Crippen LogP contribution is -2.14. The first-order chi connectivity index (χ1) is 8.47. The van der Waals surface area contributed by atoms with E-state index in [1.807, 2.05) is 0 Å². The Morgan fingerprint density at radius 3 is 2.78 bits per heavy atom. The van der Waals surface area contributed by atoms with Crippen LogP contribution < -0.4 is 11.1 Å². The van der Waals surface area contributed by atoms with E-state index >= 15 is 0 Å². The molecule has 0 fully saturated rings. The number of rotatable bonds is 3. The van der Waals surface area contributed by atoms with E-state index in [0.717, 1.165) is 0 Å². The van der Waals surface area contributed by atoms with Crippen molar-refractivity contribution in [2.24, 2.45) is 12.8 Å². The van der Waals surface area contributed by atoms with Crippen molar-refractivity contribution in [3.05, 3.63) is 34.3 Å². The van der Waals surface area contributed by atoms with Gasteiger partial charge in [-0.15, -0.1) is 0 Å². The van der Waals surface area contributed by atoms with Gasteiger partial charge in [-0.05, 0) is 6.07 Å². The molecule has 0 saturated carbocycles. The van der Waals surface area contributed by atoms with Crippen LogP contribution in [0.4, 0.5) is 11.4 Å². The third-order valence-corrected chi connectivity index (χ3v) is 2.64. The molecule has 2 heterocycles. The molecule has 6 nitrogen and oxygen atoms in total. The maximum absolute atomic E-state index is 11.3. The summed E-state index contributed by atoms with van der Waals surface area (Å²) in [6.45, 7) is 0. The largest absolute Gasteiger partial charge is 0.365 e. The highest BCUT2D eigenvalue weighted by Crippen LogP contribution is 2.28. The number of nitrogens with zero attached hydrogens (tertiary/aromatic N) is 3. The summed E-state index contributed by atoms with van der Waals surface area (Å²) in [4.78, 5) is 15.1. The van der Waals surface area contributed by atoms with E-state index < -0.39 is 5.91 Å². The van der Waals surface area contributed by atoms with Crippen LogP contribution in [0.5, 0.6) is 0 Å². The predicted octanol–water partition coefficient (Wildman–Crippen LogP) is 1.96. The zero-order valence-electron chi connectivity index (χ0n) is 9.32. The van der Waals surface area contributed by atoms with E-state index in [1.165, 1.54) is 6.07 Å². The second-order valence-electron chi connectivity index (χ2n) is 3.55. The van der Waals surface area contributed by atoms with Gasteiger partial charge in [0.1, 0.15) is 15.9 Å². The van der Waals surface area contributed by atoms with E-state index in [0.29, 0.717) is 11.4 Å². The highest BCUT2D eigenvalue weighted by atomic mass is 35.5. The standard InChI is InChI=1S/C10H9Cl2N5O/c1-17-4-5(3-14-17)15-6-2-7(11)16-9(12)8(6)10(13)18/h2-4H,1H3,(H2,13,18)(H,15,16). The molecule has 8 heteroatoms. The minimum atomic E-state index is -0.685. The summed E-state index contributed by atoms with van der Waals surface area (Å²) in [6.07, 6.45) is 3.32. The van der Waals surface area contributed by atoms with Gasteiger partial charge in [0.05, 0.1) is 17.6 Å². The number of primary amides is 1. The number of aryl methyl sites for hydroxylation is 1. The van der Waals surface area contributed by atoms with Gasteiger partial charge >= 0.3 is 0 Å². The average molecular weight is 286 g/mol. The molecule has 3 N–H and O–H groups in total. The van der Waals surface area contributed by atoms with Crippen LogP contribution in [-0.4, -0.2) is 20.7 Å². The summed E-state index contributed by atoms with van der Waals surface area (Å²) in [5.41, 5.74) is 6.41. The Hall–Kier alpha value is -1.79. The lowest BCUT2D eigenvalue weighted by atomic mass is 10.2. The van der Waals surface area contributed by atoms with Crippen molar-refractivity contribution in [3.63, 3.8) is 0 Å². The predicted molar refractivity (Wildman–Crippen MR) is 69.3 cm³/mol. The van der Waals surface area contributed by atoms with E-state index in [4.69, 9.17) is 28.9 Å². The fourth-order valence-corrected chi connectivity index (χ4v) is 1.98. The number of nitrogens with one attached hydrogen (secondary N) is 1. The van der Waals surface area contributed by atoms with Gasteiger partial charge in [-0.3, -0.25) is 9.48 Å². The van der Waals surface area contributed by atoms with Gasteiger partial charge in [-0.25, -0.2) is 4.98 Å². The molecule has 0 aliphatic rings. The van der Waals surface area contributed by atoms with Gasteiger partial charge in [-0.1, -0.05) is 23.2 Å². The summed E-state index contributed by atoms with van der Waals surface area (Å²) in [5.74, 6) is -0.685. The van der Waals surface area contributed by atoms with Crippen molar-refractivity contribution < 1.29 is 4.79 Å². The maximum Gasteiger partial charge on any atom is 0.253 e. The second-order valence-corrected chi connectivity index (χ2v) is 4.30. The Balaban J connectivity index is 2.45. The molecule has 0 aromatic carbocycles. The molecule has 0 aliphatic carbocycles. The third kappa shape index (κ3) is 2.55. The van der Waals surface area contributed by atoms with Crippen molar-refractivity contribution >= 4 is 40.5 Å². The normalized spacial score (nSPS) is 10.4. The first kappa shape index (κ1) is 12.7. The number of nitrogens with two attached hydrogens (primary N) is 1. The molecule has 94 valence electrons. The van der Waals surface area contributed by atoms with Gasteiger partial charge in [0.2, 0.25) is 0 Å². The van der Waals surface area contributed by atoms with Crippen molar-refractivity contribution in [2.75, 3.05) is 5.32 Å². The maximum atomic E-state index is 11.3. The number of aromatic nitrogens is 3. The van der Waals surface area contributed by atoms with Crippen LogP contribution in [0.15, 0.2) is 18.5 Å². The highest BCUT2D eigenvalue weighted by Gasteiger charge is 2.16. The molecule has 2 aromatic rings. The first-order valence-corrected chi connectivity index (χ1v) is 5.64. The smallest absolute Gasteiger partial charge is 0.253 e. The minimum Gasteiger partial charge on any atom is -0.365 e. The number of carbonyl (C=O) groups is 1. The molecule has 1 amide bonds. The lowest BCUT2D eigenvalue weighted by Gasteiger charge is -2.09. The lowest BCUT2D eigenvalue weighted by molar-refractivity contribution is 0.100. The Bertz CT molecular complexity index is 610. The fraction of sp³-hybridized carbons (Fsp3) is 0.100.